The zero-order valence-electron chi connectivity index (χ0n) is 7.78. The van der Waals surface area contributed by atoms with Crippen molar-refractivity contribution in [1.29, 1.82) is 0 Å². The first-order chi connectivity index (χ1) is 6.93. The van der Waals surface area contributed by atoms with Crippen molar-refractivity contribution >= 4 is 23.1 Å². The SMILES string of the molecule is CC[C@H](O)CSc1nnc(C(F)(F)F)s1. The number of alkyl halides is 3. The van der Waals surface area contributed by atoms with Gasteiger partial charge in [-0.2, -0.15) is 13.2 Å². The maximum absolute atomic E-state index is 12.1. The molecule has 8 heteroatoms. The maximum Gasteiger partial charge on any atom is 0.445 e. The summed E-state index contributed by atoms with van der Waals surface area (Å²) < 4.78 is 36.6. The molecule has 0 aliphatic carbocycles. The van der Waals surface area contributed by atoms with Crippen molar-refractivity contribution in [1.82, 2.24) is 10.2 Å². The number of hydrogen-bond donors (Lipinski definition) is 1. The number of thioether (sulfide) groups is 1. The highest BCUT2D eigenvalue weighted by molar-refractivity contribution is 8.01. The Morgan fingerprint density at radius 1 is 1.47 bits per heavy atom. The molecule has 3 nitrogen and oxygen atoms in total. The van der Waals surface area contributed by atoms with Gasteiger partial charge >= 0.3 is 6.18 Å². The highest BCUT2D eigenvalue weighted by Crippen LogP contribution is 2.34. The molecule has 0 aliphatic heterocycles. The molecule has 1 atom stereocenters. The van der Waals surface area contributed by atoms with Crippen LogP contribution in [0.3, 0.4) is 0 Å². The van der Waals surface area contributed by atoms with E-state index < -0.39 is 17.3 Å². The van der Waals surface area contributed by atoms with Gasteiger partial charge in [0.2, 0.25) is 5.01 Å². The fourth-order valence-electron chi connectivity index (χ4n) is 0.668. The second-order valence-electron chi connectivity index (χ2n) is 2.74. The quantitative estimate of drug-likeness (QED) is 0.842. The van der Waals surface area contributed by atoms with Gasteiger partial charge in [-0.15, -0.1) is 10.2 Å². The lowest BCUT2D eigenvalue weighted by Gasteiger charge is -2.03. The number of rotatable bonds is 4. The van der Waals surface area contributed by atoms with Gasteiger partial charge in [0, 0.05) is 5.75 Å². The Hall–Kier alpha value is -0.340. The highest BCUT2D eigenvalue weighted by Gasteiger charge is 2.35. The summed E-state index contributed by atoms with van der Waals surface area (Å²) in [6, 6.07) is 0. The molecular formula is C7H9F3N2OS2. The van der Waals surface area contributed by atoms with Crippen LogP contribution in [0.1, 0.15) is 18.4 Å². The van der Waals surface area contributed by atoms with Crippen LogP contribution in [-0.2, 0) is 6.18 Å². The third-order valence-electron chi connectivity index (χ3n) is 1.52. The number of aliphatic hydroxyl groups excluding tert-OH is 1. The molecule has 0 spiro atoms. The summed E-state index contributed by atoms with van der Waals surface area (Å²) in [5, 5.41) is 14.7. The topological polar surface area (TPSA) is 46.0 Å². The van der Waals surface area contributed by atoms with E-state index in [1.54, 1.807) is 6.92 Å². The average Bonchev–Trinajstić information content (AvgIpc) is 2.61. The predicted octanol–water partition coefficient (Wildman–Crippen LogP) is 2.42. The Morgan fingerprint density at radius 2 is 2.13 bits per heavy atom. The van der Waals surface area contributed by atoms with Crippen molar-refractivity contribution in [2.45, 2.75) is 30.0 Å². The normalized spacial score (nSPS) is 14.2. The van der Waals surface area contributed by atoms with E-state index in [1.807, 2.05) is 0 Å². The number of aromatic nitrogens is 2. The van der Waals surface area contributed by atoms with E-state index in [0.717, 1.165) is 11.8 Å². The summed E-state index contributed by atoms with van der Waals surface area (Å²) in [5.41, 5.74) is 0. The zero-order valence-corrected chi connectivity index (χ0v) is 9.42. The van der Waals surface area contributed by atoms with Crippen LogP contribution in [0.25, 0.3) is 0 Å². The molecule has 0 saturated carbocycles. The van der Waals surface area contributed by atoms with Gasteiger partial charge in [-0.05, 0) is 6.42 Å². The van der Waals surface area contributed by atoms with Crippen LogP contribution in [0.5, 0.6) is 0 Å². The third kappa shape index (κ3) is 3.96. The number of halogens is 3. The summed E-state index contributed by atoms with van der Waals surface area (Å²) in [6.07, 6.45) is -4.38. The van der Waals surface area contributed by atoms with Crippen LogP contribution in [0.2, 0.25) is 0 Å². The molecule has 0 saturated heterocycles. The summed E-state index contributed by atoms with van der Waals surface area (Å²) in [6.45, 7) is 1.80. The van der Waals surface area contributed by atoms with Gasteiger partial charge in [0.1, 0.15) is 0 Å². The van der Waals surface area contributed by atoms with Crippen LogP contribution in [0.4, 0.5) is 13.2 Å². The second-order valence-corrected chi connectivity index (χ2v) is 4.99. The molecule has 1 aromatic rings. The fourth-order valence-corrected chi connectivity index (χ4v) is 2.46. The first-order valence-electron chi connectivity index (χ1n) is 4.15. The average molecular weight is 258 g/mol. The van der Waals surface area contributed by atoms with Crippen LogP contribution >= 0.6 is 23.1 Å². The molecule has 1 aromatic heterocycles. The third-order valence-corrected chi connectivity index (χ3v) is 3.77. The zero-order chi connectivity index (χ0) is 11.5. The Bertz CT molecular complexity index is 315. The molecule has 0 aliphatic rings. The fraction of sp³-hybridized carbons (Fsp3) is 0.714. The summed E-state index contributed by atoms with van der Waals surface area (Å²) in [5.74, 6) is 0.336. The molecule has 0 radical (unpaired) electrons. The van der Waals surface area contributed by atoms with Crippen molar-refractivity contribution in [2.24, 2.45) is 0 Å². The molecule has 0 unspecified atom stereocenters. The molecule has 0 amide bonds. The molecule has 15 heavy (non-hydrogen) atoms. The minimum absolute atomic E-state index is 0.231. The first kappa shape index (κ1) is 12.7. The van der Waals surface area contributed by atoms with Gasteiger partial charge in [-0.3, -0.25) is 0 Å². The maximum atomic E-state index is 12.1. The number of hydrogen-bond acceptors (Lipinski definition) is 5. The van der Waals surface area contributed by atoms with Crippen molar-refractivity contribution < 1.29 is 18.3 Å². The highest BCUT2D eigenvalue weighted by atomic mass is 32.2. The van der Waals surface area contributed by atoms with E-state index in [0.29, 0.717) is 23.5 Å². The molecule has 0 bridgehead atoms. The molecule has 0 fully saturated rings. The molecule has 0 aromatic carbocycles. The lowest BCUT2D eigenvalue weighted by molar-refractivity contribution is -0.138. The van der Waals surface area contributed by atoms with Crippen molar-refractivity contribution in [3.8, 4) is 0 Å². The Labute approximate surface area is 92.7 Å². The van der Waals surface area contributed by atoms with Crippen LogP contribution in [0.15, 0.2) is 4.34 Å². The smallest absolute Gasteiger partial charge is 0.392 e. The summed E-state index contributed by atoms with van der Waals surface area (Å²) >= 11 is 1.58. The lowest BCUT2D eigenvalue weighted by atomic mass is 10.3. The van der Waals surface area contributed by atoms with E-state index in [-0.39, 0.29) is 4.34 Å². The minimum atomic E-state index is -4.43. The van der Waals surface area contributed by atoms with Gasteiger partial charge < -0.3 is 5.11 Å². The number of aliphatic hydroxyl groups is 1. The minimum Gasteiger partial charge on any atom is -0.392 e. The summed E-state index contributed by atoms with van der Waals surface area (Å²) in [7, 11) is 0. The van der Waals surface area contributed by atoms with E-state index in [4.69, 9.17) is 0 Å². The van der Waals surface area contributed by atoms with E-state index in [2.05, 4.69) is 10.2 Å². The Balaban J connectivity index is 2.54. The van der Waals surface area contributed by atoms with Crippen LogP contribution in [-0.4, -0.2) is 27.2 Å². The Kier molecular flexibility index (Phi) is 4.35. The molecule has 86 valence electrons. The van der Waals surface area contributed by atoms with Crippen LogP contribution < -0.4 is 0 Å². The predicted molar refractivity (Wildman–Crippen MR) is 51.9 cm³/mol. The van der Waals surface area contributed by atoms with Gasteiger partial charge in [0.05, 0.1) is 6.10 Å². The van der Waals surface area contributed by atoms with E-state index >= 15 is 0 Å². The van der Waals surface area contributed by atoms with Crippen molar-refractivity contribution in [2.75, 3.05) is 5.75 Å². The van der Waals surface area contributed by atoms with Gasteiger partial charge in [0.15, 0.2) is 4.34 Å². The van der Waals surface area contributed by atoms with Gasteiger partial charge in [-0.1, -0.05) is 30.0 Å². The summed E-state index contributed by atoms with van der Waals surface area (Å²) in [4.78, 5) is 0. The number of nitrogens with zero attached hydrogens (tertiary/aromatic N) is 2. The van der Waals surface area contributed by atoms with Gasteiger partial charge in [0.25, 0.3) is 0 Å². The van der Waals surface area contributed by atoms with E-state index in [1.165, 1.54) is 0 Å². The van der Waals surface area contributed by atoms with Crippen LogP contribution in [0, 0.1) is 0 Å². The van der Waals surface area contributed by atoms with Crippen molar-refractivity contribution in [3.05, 3.63) is 5.01 Å². The van der Waals surface area contributed by atoms with E-state index in [9.17, 15) is 18.3 Å². The largest absolute Gasteiger partial charge is 0.445 e. The standard InChI is InChI=1S/C7H9F3N2OS2/c1-2-4(13)3-14-6-12-11-5(15-6)7(8,9)10/h4,13H,2-3H2,1H3/t4-/m0/s1. The molecule has 1 heterocycles. The Morgan fingerprint density at radius 3 is 2.60 bits per heavy atom. The first-order valence-corrected chi connectivity index (χ1v) is 5.95. The molecule has 1 N–H and O–H groups in total. The second kappa shape index (κ2) is 5.13. The van der Waals surface area contributed by atoms with Crippen molar-refractivity contribution in [3.63, 3.8) is 0 Å². The van der Waals surface area contributed by atoms with Gasteiger partial charge in [-0.25, -0.2) is 0 Å². The molecular weight excluding hydrogens is 249 g/mol. The molecule has 1 rings (SSSR count). The lowest BCUT2D eigenvalue weighted by Crippen LogP contribution is -2.06. The monoisotopic (exact) mass is 258 g/mol.